The van der Waals surface area contributed by atoms with Crippen LogP contribution in [0.4, 0.5) is 16.2 Å². The Morgan fingerprint density at radius 3 is 1.88 bits per heavy atom. The van der Waals surface area contributed by atoms with Crippen molar-refractivity contribution in [3.63, 3.8) is 0 Å². The molecule has 4 aromatic carbocycles. The Balaban J connectivity index is 0.000000155. The first-order valence-electron chi connectivity index (χ1n) is 21.5. The summed E-state index contributed by atoms with van der Waals surface area (Å²) in [7, 11) is 0. The molecule has 0 bridgehead atoms. The molecule has 0 unspecified atom stereocenters. The van der Waals surface area contributed by atoms with Crippen LogP contribution in [-0.4, -0.2) is 95.7 Å². The predicted octanol–water partition coefficient (Wildman–Crippen LogP) is 8.70. The Hall–Kier alpha value is -6.23. The molecule has 5 aliphatic heterocycles. The molecule has 4 aromatic rings. The van der Waals surface area contributed by atoms with Crippen LogP contribution in [0.1, 0.15) is 90.6 Å². The molecule has 5 heterocycles. The van der Waals surface area contributed by atoms with Crippen molar-refractivity contribution in [1.82, 2.24) is 14.7 Å². The zero-order valence-corrected chi connectivity index (χ0v) is 34.7. The first-order chi connectivity index (χ1) is 29.2. The van der Waals surface area contributed by atoms with Crippen molar-refractivity contribution in [2.24, 2.45) is 15.7 Å². The van der Waals surface area contributed by atoms with Crippen molar-refractivity contribution in [3.05, 3.63) is 113 Å². The van der Waals surface area contributed by atoms with E-state index in [1.807, 2.05) is 64.4 Å². The molecule has 1 spiro atoms. The Bertz CT molecular complexity index is 2400. The molecule has 308 valence electrons. The standard InChI is InChI=1S/C25H28N4O3.C24H25N3O/c1-2-32-24(31)29-16-20-10-9-19(15-21(20)27-23(26)25(29)11-12-25)17-5-7-18(8-6-17)22(30)28-13-3-4-14-28;1-17-14-21-9-8-20(16-22(21)27-13-10-25-23(27)15-17)18-4-6-19(7-5-18)24(28)26-11-2-3-12-26/h5-10,15H,2-4,11-14,16H2,1H3,(H2,26,27);4-9,14,16H,2-3,10-13,15H2,1H3. The van der Waals surface area contributed by atoms with Crippen molar-refractivity contribution in [3.8, 4) is 22.3 Å². The zero-order valence-electron chi connectivity index (χ0n) is 34.7. The van der Waals surface area contributed by atoms with E-state index in [4.69, 9.17) is 20.5 Å². The molecule has 11 nitrogen and oxygen atoms in total. The van der Waals surface area contributed by atoms with Crippen LogP contribution >= 0.6 is 0 Å². The number of hydrogen-bond acceptors (Lipinski definition) is 8. The van der Waals surface area contributed by atoms with Crippen LogP contribution < -0.4 is 10.6 Å². The van der Waals surface area contributed by atoms with Crippen molar-refractivity contribution in [2.75, 3.05) is 50.8 Å². The van der Waals surface area contributed by atoms with Gasteiger partial charge in [-0.3, -0.25) is 19.5 Å². The number of rotatable bonds is 5. The average Bonchev–Trinajstić information content (AvgIpc) is 3.61. The fourth-order valence-corrected chi connectivity index (χ4v) is 9.13. The van der Waals surface area contributed by atoms with Gasteiger partial charge in [0, 0.05) is 50.3 Å². The lowest BCUT2D eigenvalue weighted by Crippen LogP contribution is -2.49. The van der Waals surface area contributed by atoms with Gasteiger partial charge in [-0.25, -0.2) is 9.79 Å². The van der Waals surface area contributed by atoms with Gasteiger partial charge in [0.1, 0.15) is 17.2 Å². The molecule has 2 N–H and O–H groups in total. The van der Waals surface area contributed by atoms with Crippen molar-refractivity contribution in [2.45, 2.75) is 70.9 Å². The van der Waals surface area contributed by atoms with E-state index >= 15 is 0 Å². The lowest BCUT2D eigenvalue weighted by molar-refractivity contribution is 0.0785. The van der Waals surface area contributed by atoms with E-state index in [9.17, 15) is 14.4 Å². The third-order valence-electron chi connectivity index (χ3n) is 12.7. The van der Waals surface area contributed by atoms with Crippen LogP contribution in [0.5, 0.6) is 0 Å². The summed E-state index contributed by atoms with van der Waals surface area (Å²) < 4.78 is 5.28. The molecule has 0 atom stereocenters. The number of carbonyl (C=O) groups excluding carboxylic acids is 3. The minimum Gasteiger partial charge on any atom is -0.450 e. The molecule has 1 saturated carbocycles. The summed E-state index contributed by atoms with van der Waals surface area (Å²) in [5.74, 6) is 1.90. The number of nitrogens with two attached hydrogens (primary N) is 1. The smallest absolute Gasteiger partial charge is 0.410 e. The molecule has 10 rings (SSSR count). The van der Waals surface area contributed by atoms with E-state index in [-0.39, 0.29) is 17.9 Å². The highest BCUT2D eigenvalue weighted by Crippen LogP contribution is 2.47. The quantitative estimate of drug-likeness (QED) is 0.215. The number of likely N-dealkylation sites (tertiary alicyclic amines) is 2. The molecule has 1 aliphatic carbocycles. The van der Waals surface area contributed by atoms with Gasteiger partial charge in [-0.05, 0) is 122 Å². The number of amides is 3. The number of aliphatic imine (C=N–C) groups is 2. The molecule has 0 radical (unpaired) electrons. The van der Waals surface area contributed by atoms with Crippen LogP contribution in [0.2, 0.25) is 0 Å². The van der Waals surface area contributed by atoms with Gasteiger partial charge < -0.3 is 25.2 Å². The minimum absolute atomic E-state index is 0.0992. The Morgan fingerprint density at radius 2 is 1.30 bits per heavy atom. The van der Waals surface area contributed by atoms with Gasteiger partial charge in [0.05, 0.1) is 31.1 Å². The lowest BCUT2D eigenvalue weighted by Gasteiger charge is -2.29. The summed E-state index contributed by atoms with van der Waals surface area (Å²) in [6, 6.07) is 28.5. The second-order valence-corrected chi connectivity index (χ2v) is 16.7. The fraction of sp³-hybridized carbons (Fsp3) is 0.367. The van der Waals surface area contributed by atoms with E-state index in [0.29, 0.717) is 24.6 Å². The predicted molar refractivity (Wildman–Crippen MR) is 238 cm³/mol. The van der Waals surface area contributed by atoms with Gasteiger partial charge >= 0.3 is 6.09 Å². The largest absolute Gasteiger partial charge is 0.450 e. The SMILES string of the molecule is CC1=Cc2ccc(-c3ccc(C(=O)N4CCCC4)cc3)cc2N2CCN=C2C1.CCOC(=O)N1Cc2ccc(-c3ccc(C(=O)N4CCCC4)cc3)cc2N=C(N)C12CC2. The summed E-state index contributed by atoms with van der Waals surface area (Å²) in [6.45, 7) is 10.0. The molecular weight excluding hydrogens is 751 g/mol. The van der Waals surface area contributed by atoms with Gasteiger partial charge in [0.15, 0.2) is 0 Å². The number of anilines is 1. The van der Waals surface area contributed by atoms with Crippen LogP contribution in [0.3, 0.4) is 0 Å². The number of benzene rings is 4. The lowest BCUT2D eigenvalue weighted by atomic mass is 10.00. The van der Waals surface area contributed by atoms with Gasteiger partial charge in [0.2, 0.25) is 0 Å². The average molecular weight is 804 g/mol. The minimum atomic E-state index is -0.525. The molecule has 3 amide bonds. The highest BCUT2D eigenvalue weighted by atomic mass is 16.6. The summed E-state index contributed by atoms with van der Waals surface area (Å²) in [5, 5.41) is 0. The number of fused-ring (bicyclic) bond motifs is 4. The molecule has 3 fully saturated rings. The second-order valence-electron chi connectivity index (χ2n) is 16.7. The topological polar surface area (TPSA) is 124 Å². The second kappa shape index (κ2) is 16.4. The van der Waals surface area contributed by atoms with Crippen LogP contribution in [-0.2, 0) is 11.3 Å². The van der Waals surface area contributed by atoms with Gasteiger partial charge in [-0.15, -0.1) is 0 Å². The third-order valence-corrected chi connectivity index (χ3v) is 12.7. The molecule has 60 heavy (non-hydrogen) atoms. The van der Waals surface area contributed by atoms with E-state index in [0.717, 1.165) is 118 Å². The first kappa shape index (κ1) is 39.2. The monoisotopic (exact) mass is 803 g/mol. The van der Waals surface area contributed by atoms with Gasteiger partial charge in [0.25, 0.3) is 11.8 Å². The Morgan fingerprint density at radius 1 is 0.733 bits per heavy atom. The maximum atomic E-state index is 12.6. The summed E-state index contributed by atoms with van der Waals surface area (Å²) in [4.78, 5) is 55.2. The highest BCUT2D eigenvalue weighted by Gasteiger charge is 2.55. The van der Waals surface area contributed by atoms with Crippen LogP contribution in [0, 0.1) is 0 Å². The van der Waals surface area contributed by atoms with Gasteiger partial charge in [-0.1, -0.05) is 60.2 Å². The van der Waals surface area contributed by atoms with Crippen molar-refractivity contribution < 1.29 is 19.1 Å². The maximum absolute atomic E-state index is 12.6. The first-order valence-corrected chi connectivity index (χ1v) is 21.5. The normalized spacial score (nSPS) is 18.5. The van der Waals surface area contributed by atoms with E-state index in [2.05, 4.69) is 48.2 Å². The van der Waals surface area contributed by atoms with E-state index in [1.165, 1.54) is 28.2 Å². The van der Waals surface area contributed by atoms with E-state index < -0.39 is 5.54 Å². The third kappa shape index (κ3) is 7.69. The molecule has 2 saturated heterocycles. The zero-order chi connectivity index (χ0) is 41.4. The molecule has 6 aliphatic rings. The summed E-state index contributed by atoms with van der Waals surface area (Å²) >= 11 is 0. The number of ether oxygens (including phenoxy) is 1. The van der Waals surface area contributed by atoms with Crippen molar-refractivity contribution >= 4 is 47.0 Å². The summed E-state index contributed by atoms with van der Waals surface area (Å²) in [5.41, 5.74) is 17.2. The number of amidine groups is 2. The number of hydrogen-bond donors (Lipinski definition) is 1. The molecule has 11 heteroatoms. The fourth-order valence-electron chi connectivity index (χ4n) is 9.13. The van der Waals surface area contributed by atoms with Crippen LogP contribution in [0.15, 0.2) is 100 Å². The number of carbonyl (C=O) groups is 3. The molecular formula is C49H53N7O4. The Labute approximate surface area is 352 Å². The molecule has 0 aromatic heterocycles. The maximum Gasteiger partial charge on any atom is 0.410 e. The van der Waals surface area contributed by atoms with Gasteiger partial charge in [-0.2, -0.15) is 0 Å². The Kier molecular flexibility index (Phi) is 10.7. The number of nitrogens with zero attached hydrogens (tertiary/aromatic N) is 6. The highest BCUT2D eigenvalue weighted by molar-refractivity contribution is 6.05. The summed E-state index contributed by atoms with van der Waals surface area (Å²) in [6.07, 6.45) is 8.86. The van der Waals surface area contributed by atoms with Crippen molar-refractivity contribution in [1.29, 1.82) is 0 Å². The van der Waals surface area contributed by atoms with E-state index in [1.54, 1.807) is 11.8 Å². The van der Waals surface area contributed by atoms with Crippen LogP contribution in [0.25, 0.3) is 28.3 Å².